The average Bonchev–Trinajstić information content (AvgIpc) is 3.47. The number of nitrogens with zero attached hydrogens (tertiary/aromatic N) is 2. The number of imide groups is 2. The van der Waals surface area contributed by atoms with E-state index in [9.17, 15) is 19.5 Å². The molecule has 2 aliphatic heterocycles. The number of fused-ring (bicyclic) bond motifs is 4. The van der Waals surface area contributed by atoms with Gasteiger partial charge in [0.1, 0.15) is 5.75 Å². The molecule has 2 aliphatic carbocycles. The fourth-order valence-electron chi connectivity index (χ4n) is 8.85. The lowest BCUT2D eigenvalue weighted by Crippen LogP contribution is -2.53. The van der Waals surface area contributed by atoms with Crippen molar-refractivity contribution in [2.75, 3.05) is 9.80 Å². The van der Waals surface area contributed by atoms with Crippen molar-refractivity contribution in [1.82, 2.24) is 0 Å². The highest BCUT2D eigenvalue weighted by atomic mass is 79.9. The highest BCUT2D eigenvalue weighted by Gasteiger charge is 2.70. The van der Waals surface area contributed by atoms with Crippen LogP contribution in [0.2, 0.25) is 5.02 Å². The maximum atomic E-state index is 15.3. The third-order valence-electron chi connectivity index (χ3n) is 10.8. The largest absolute Gasteiger partial charge is 0.507 e. The molecule has 0 bridgehead atoms. The monoisotopic (exact) mass is 720 g/mol. The molecule has 4 aromatic rings. The minimum Gasteiger partial charge on any atom is -0.507 e. The molecule has 48 heavy (non-hydrogen) atoms. The van der Waals surface area contributed by atoms with Crippen LogP contribution in [0.3, 0.4) is 0 Å². The van der Waals surface area contributed by atoms with Crippen LogP contribution in [0, 0.1) is 30.6 Å². The number of para-hydroxylation sites is 1. The van der Waals surface area contributed by atoms with Crippen LogP contribution in [0.5, 0.6) is 5.75 Å². The van der Waals surface area contributed by atoms with E-state index < -0.39 is 46.8 Å². The number of phenolic OH excluding ortho intramolecular Hbond substituents is 1. The Hall–Kier alpha value is -4.53. The van der Waals surface area contributed by atoms with Gasteiger partial charge in [-0.05, 0) is 79.3 Å². The number of carbonyl (C=O) groups is 4. The summed E-state index contributed by atoms with van der Waals surface area (Å²) in [4.78, 5) is 60.9. The molecule has 0 spiro atoms. The van der Waals surface area contributed by atoms with Crippen molar-refractivity contribution in [2.45, 2.75) is 31.1 Å². The van der Waals surface area contributed by atoms with Gasteiger partial charge in [0, 0.05) is 21.0 Å². The highest BCUT2D eigenvalue weighted by molar-refractivity contribution is 9.10. The summed E-state index contributed by atoms with van der Waals surface area (Å²) in [6.07, 6.45) is 2.47. The standard InChI is InChI=1S/C39H30BrClN2O5/c1-21-7-5-12-29(34(21)44)33-27-17-18-28-32(37(47)42(35(28)45)25-15-13-23(40)14-16-25)30(27)20-31-36(46)43(26-11-6-10-24(41)19-26)38(48)39(31,33)22-8-3-2-4-9-22/h2-17,19,28,30-33,44H,18,20H2,1H3. The Morgan fingerprint density at radius 1 is 0.792 bits per heavy atom. The summed E-state index contributed by atoms with van der Waals surface area (Å²) in [6.45, 7) is 1.80. The van der Waals surface area contributed by atoms with Gasteiger partial charge < -0.3 is 5.11 Å². The van der Waals surface area contributed by atoms with E-state index in [1.165, 1.54) is 9.80 Å². The number of carbonyl (C=O) groups excluding carboxylic acids is 4. The topological polar surface area (TPSA) is 95.0 Å². The molecule has 7 nitrogen and oxygen atoms in total. The quantitative estimate of drug-likeness (QED) is 0.174. The van der Waals surface area contributed by atoms with E-state index in [2.05, 4.69) is 15.9 Å². The Bertz CT molecular complexity index is 2060. The molecule has 8 rings (SSSR count). The maximum Gasteiger partial charge on any atom is 0.246 e. The van der Waals surface area contributed by atoms with Crippen molar-refractivity contribution in [3.8, 4) is 5.75 Å². The first kappa shape index (κ1) is 30.8. The Morgan fingerprint density at radius 3 is 2.25 bits per heavy atom. The van der Waals surface area contributed by atoms with E-state index in [0.29, 0.717) is 39.5 Å². The minimum atomic E-state index is -1.45. The second kappa shape index (κ2) is 11.3. The predicted molar refractivity (Wildman–Crippen MR) is 186 cm³/mol. The first-order chi connectivity index (χ1) is 23.1. The van der Waals surface area contributed by atoms with E-state index in [1.807, 2.05) is 42.5 Å². The summed E-state index contributed by atoms with van der Waals surface area (Å²) < 4.78 is 0.825. The number of halogens is 2. The molecular formula is C39H30BrClN2O5. The molecule has 0 radical (unpaired) electrons. The van der Waals surface area contributed by atoms with Gasteiger partial charge in [-0.2, -0.15) is 0 Å². The van der Waals surface area contributed by atoms with E-state index >= 15 is 4.79 Å². The predicted octanol–water partition coefficient (Wildman–Crippen LogP) is 7.48. The fourth-order valence-corrected chi connectivity index (χ4v) is 9.30. The summed E-state index contributed by atoms with van der Waals surface area (Å²) in [5, 5.41) is 12.1. The zero-order valence-corrected chi connectivity index (χ0v) is 28.2. The molecule has 1 saturated carbocycles. The van der Waals surface area contributed by atoms with Crippen LogP contribution in [0.25, 0.3) is 0 Å². The van der Waals surface area contributed by atoms with Crippen LogP contribution in [0.1, 0.15) is 35.4 Å². The average molecular weight is 722 g/mol. The third-order valence-corrected chi connectivity index (χ3v) is 11.6. The van der Waals surface area contributed by atoms with E-state index in [4.69, 9.17) is 11.6 Å². The number of amides is 4. The number of hydrogen-bond acceptors (Lipinski definition) is 5. The van der Waals surface area contributed by atoms with Crippen LogP contribution < -0.4 is 9.80 Å². The lowest BCUT2D eigenvalue weighted by Gasteiger charge is -2.50. The van der Waals surface area contributed by atoms with E-state index in [0.717, 1.165) is 10.0 Å². The molecule has 3 fully saturated rings. The summed E-state index contributed by atoms with van der Waals surface area (Å²) in [5.41, 5.74) is 1.98. The van der Waals surface area contributed by atoms with Gasteiger partial charge in [-0.25, -0.2) is 4.90 Å². The summed E-state index contributed by atoms with van der Waals surface area (Å²) in [6, 6.07) is 28.5. The van der Waals surface area contributed by atoms with Gasteiger partial charge >= 0.3 is 0 Å². The van der Waals surface area contributed by atoms with Crippen molar-refractivity contribution in [2.24, 2.45) is 23.7 Å². The second-order valence-corrected chi connectivity index (χ2v) is 14.4. The zero-order chi connectivity index (χ0) is 33.5. The van der Waals surface area contributed by atoms with E-state index in [-0.39, 0.29) is 24.0 Å². The molecule has 6 unspecified atom stereocenters. The Labute approximate surface area is 290 Å². The van der Waals surface area contributed by atoms with Gasteiger partial charge in [-0.3, -0.25) is 24.1 Å². The maximum absolute atomic E-state index is 15.3. The molecule has 4 aromatic carbocycles. The molecule has 2 saturated heterocycles. The number of hydrogen-bond donors (Lipinski definition) is 1. The number of phenols is 1. The molecule has 9 heteroatoms. The van der Waals surface area contributed by atoms with Crippen LogP contribution in [-0.4, -0.2) is 28.7 Å². The number of allylic oxidation sites excluding steroid dienone is 2. The molecule has 240 valence electrons. The molecule has 4 aliphatic rings. The van der Waals surface area contributed by atoms with Crippen LogP contribution in [0.15, 0.2) is 113 Å². The normalized spacial score (nSPS) is 27.9. The number of aromatic hydroxyl groups is 1. The molecule has 6 atom stereocenters. The number of benzene rings is 4. The van der Waals surface area contributed by atoms with Gasteiger partial charge in [0.25, 0.3) is 0 Å². The summed E-state index contributed by atoms with van der Waals surface area (Å²) in [5.74, 6) is -4.92. The van der Waals surface area contributed by atoms with Crippen LogP contribution in [0.4, 0.5) is 11.4 Å². The summed E-state index contributed by atoms with van der Waals surface area (Å²) in [7, 11) is 0. The van der Waals surface area contributed by atoms with Gasteiger partial charge in [-0.1, -0.05) is 93.8 Å². The SMILES string of the molecule is Cc1cccc(C2C3=CCC4C(=O)N(c5ccc(Br)cc5)C(=O)C4C3CC3C(=O)N(c4cccc(Cl)c4)C(=O)C32c2ccccc2)c1O. The van der Waals surface area contributed by atoms with Crippen LogP contribution >= 0.6 is 27.5 Å². The van der Waals surface area contributed by atoms with Gasteiger partial charge in [0.2, 0.25) is 23.6 Å². The first-order valence-electron chi connectivity index (χ1n) is 16.0. The van der Waals surface area contributed by atoms with Crippen molar-refractivity contribution >= 4 is 62.5 Å². The molecule has 0 aromatic heterocycles. The Balaban J connectivity index is 1.36. The van der Waals surface area contributed by atoms with E-state index in [1.54, 1.807) is 67.6 Å². The smallest absolute Gasteiger partial charge is 0.246 e. The minimum absolute atomic E-state index is 0.0343. The third kappa shape index (κ3) is 4.25. The molecule has 2 heterocycles. The van der Waals surface area contributed by atoms with Gasteiger partial charge in [0.05, 0.1) is 34.5 Å². The molecule has 4 amide bonds. The van der Waals surface area contributed by atoms with Crippen molar-refractivity contribution in [1.29, 1.82) is 0 Å². The molecule has 1 N–H and O–H groups in total. The van der Waals surface area contributed by atoms with Crippen molar-refractivity contribution in [3.05, 3.63) is 135 Å². The number of anilines is 2. The van der Waals surface area contributed by atoms with Crippen molar-refractivity contribution in [3.63, 3.8) is 0 Å². The van der Waals surface area contributed by atoms with Gasteiger partial charge in [0.15, 0.2) is 0 Å². The summed E-state index contributed by atoms with van der Waals surface area (Å²) >= 11 is 9.81. The number of aryl methyl sites for hydroxylation is 1. The second-order valence-electron chi connectivity index (χ2n) is 13.1. The Morgan fingerprint density at radius 2 is 1.52 bits per heavy atom. The van der Waals surface area contributed by atoms with Crippen LogP contribution in [-0.2, 0) is 24.6 Å². The lowest BCUT2D eigenvalue weighted by molar-refractivity contribution is -0.127. The zero-order valence-electron chi connectivity index (χ0n) is 25.8. The fraction of sp³-hybridized carbons (Fsp3) is 0.231. The first-order valence-corrected chi connectivity index (χ1v) is 17.1. The Kier molecular flexibility index (Phi) is 7.23. The number of rotatable bonds is 4. The highest BCUT2D eigenvalue weighted by Crippen LogP contribution is 2.65. The van der Waals surface area contributed by atoms with Gasteiger partial charge in [-0.15, -0.1) is 0 Å². The van der Waals surface area contributed by atoms with Crippen molar-refractivity contribution < 1.29 is 24.3 Å². The lowest BCUT2D eigenvalue weighted by atomic mass is 9.49. The molecular weight excluding hydrogens is 692 g/mol.